The SMILES string of the molecule is COc1cccc(CCNC(=O)C(=O)Nc2ccc3c(c2)OCCO3)c1. The van der Waals surface area contributed by atoms with E-state index in [1.165, 1.54) is 0 Å². The Morgan fingerprint density at radius 2 is 1.85 bits per heavy atom. The van der Waals surface area contributed by atoms with Crippen molar-refractivity contribution in [1.29, 1.82) is 0 Å². The Balaban J connectivity index is 1.49. The first-order valence-electron chi connectivity index (χ1n) is 8.27. The molecule has 1 aliphatic rings. The van der Waals surface area contributed by atoms with E-state index in [9.17, 15) is 9.59 Å². The van der Waals surface area contributed by atoms with Gasteiger partial charge in [-0.2, -0.15) is 0 Å². The zero-order valence-corrected chi connectivity index (χ0v) is 14.4. The maximum atomic E-state index is 12.0. The maximum absolute atomic E-state index is 12.0. The minimum Gasteiger partial charge on any atom is -0.497 e. The van der Waals surface area contributed by atoms with Crippen LogP contribution in [0.3, 0.4) is 0 Å². The van der Waals surface area contributed by atoms with Gasteiger partial charge in [0, 0.05) is 18.3 Å². The van der Waals surface area contributed by atoms with Gasteiger partial charge in [0.15, 0.2) is 11.5 Å². The summed E-state index contributed by atoms with van der Waals surface area (Å²) in [6, 6.07) is 12.6. The number of ether oxygens (including phenoxy) is 3. The highest BCUT2D eigenvalue weighted by molar-refractivity contribution is 6.39. The summed E-state index contributed by atoms with van der Waals surface area (Å²) in [4.78, 5) is 24.0. The monoisotopic (exact) mass is 356 g/mol. The van der Waals surface area contributed by atoms with Crippen LogP contribution in [0.4, 0.5) is 5.69 Å². The van der Waals surface area contributed by atoms with Gasteiger partial charge in [-0.05, 0) is 36.2 Å². The molecule has 2 aromatic carbocycles. The Hall–Kier alpha value is -3.22. The number of rotatable bonds is 5. The largest absolute Gasteiger partial charge is 0.497 e. The van der Waals surface area contributed by atoms with Crippen LogP contribution in [0.15, 0.2) is 42.5 Å². The number of hydrogen-bond acceptors (Lipinski definition) is 5. The van der Waals surface area contributed by atoms with Crippen molar-refractivity contribution in [3.8, 4) is 17.2 Å². The summed E-state index contributed by atoms with van der Waals surface area (Å²) < 4.78 is 16.0. The highest BCUT2D eigenvalue weighted by Crippen LogP contribution is 2.32. The van der Waals surface area contributed by atoms with Crippen LogP contribution in [0, 0.1) is 0 Å². The van der Waals surface area contributed by atoms with Crippen molar-refractivity contribution in [3.05, 3.63) is 48.0 Å². The van der Waals surface area contributed by atoms with Crippen molar-refractivity contribution < 1.29 is 23.8 Å². The molecular formula is C19H20N2O5. The van der Waals surface area contributed by atoms with Crippen LogP contribution in [-0.2, 0) is 16.0 Å². The first kappa shape index (κ1) is 17.6. The van der Waals surface area contributed by atoms with Crippen LogP contribution in [0.2, 0.25) is 0 Å². The smallest absolute Gasteiger partial charge is 0.313 e. The number of nitrogens with one attached hydrogen (secondary N) is 2. The third kappa shape index (κ3) is 4.44. The maximum Gasteiger partial charge on any atom is 0.313 e. The van der Waals surface area contributed by atoms with Gasteiger partial charge >= 0.3 is 11.8 Å². The van der Waals surface area contributed by atoms with E-state index in [1.54, 1.807) is 25.3 Å². The number of benzene rings is 2. The number of methoxy groups -OCH3 is 1. The number of carbonyl (C=O) groups excluding carboxylic acids is 2. The molecule has 0 saturated carbocycles. The summed E-state index contributed by atoms with van der Waals surface area (Å²) >= 11 is 0. The Bertz CT molecular complexity index is 806. The molecule has 7 heteroatoms. The second-order valence-corrected chi connectivity index (χ2v) is 5.67. The van der Waals surface area contributed by atoms with Gasteiger partial charge in [0.1, 0.15) is 19.0 Å². The van der Waals surface area contributed by atoms with Crippen molar-refractivity contribution in [3.63, 3.8) is 0 Å². The van der Waals surface area contributed by atoms with Crippen molar-refractivity contribution >= 4 is 17.5 Å². The van der Waals surface area contributed by atoms with Crippen LogP contribution in [-0.4, -0.2) is 38.7 Å². The number of carbonyl (C=O) groups is 2. The highest BCUT2D eigenvalue weighted by atomic mass is 16.6. The van der Waals surface area contributed by atoms with E-state index in [4.69, 9.17) is 14.2 Å². The summed E-state index contributed by atoms with van der Waals surface area (Å²) in [5, 5.41) is 5.16. The van der Waals surface area contributed by atoms with Crippen LogP contribution >= 0.6 is 0 Å². The number of hydrogen-bond donors (Lipinski definition) is 2. The van der Waals surface area contributed by atoms with E-state index in [2.05, 4.69) is 10.6 Å². The molecule has 7 nitrogen and oxygen atoms in total. The summed E-state index contributed by atoms with van der Waals surface area (Å²) in [7, 11) is 1.60. The van der Waals surface area contributed by atoms with Gasteiger partial charge in [0.05, 0.1) is 7.11 Å². The Kier molecular flexibility index (Phi) is 5.58. The molecule has 1 aliphatic heterocycles. The van der Waals surface area contributed by atoms with Crippen LogP contribution in [0.5, 0.6) is 17.2 Å². The molecule has 0 radical (unpaired) electrons. The lowest BCUT2D eigenvalue weighted by molar-refractivity contribution is -0.136. The predicted octanol–water partition coefficient (Wildman–Crippen LogP) is 1.76. The van der Waals surface area contributed by atoms with Crippen LogP contribution < -0.4 is 24.8 Å². The van der Waals surface area contributed by atoms with E-state index in [0.717, 1.165) is 11.3 Å². The third-order valence-corrected chi connectivity index (χ3v) is 3.84. The first-order chi connectivity index (χ1) is 12.7. The fourth-order valence-electron chi connectivity index (χ4n) is 2.54. The second-order valence-electron chi connectivity index (χ2n) is 5.67. The molecule has 0 aromatic heterocycles. The summed E-state index contributed by atoms with van der Waals surface area (Å²) in [6.45, 7) is 1.30. The Morgan fingerprint density at radius 1 is 1.04 bits per heavy atom. The quantitative estimate of drug-likeness (QED) is 0.798. The molecule has 3 rings (SSSR count). The minimum atomic E-state index is -0.729. The molecule has 26 heavy (non-hydrogen) atoms. The van der Waals surface area contributed by atoms with E-state index in [1.807, 2.05) is 24.3 Å². The molecule has 2 amide bonds. The average Bonchev–Trinajstić information content (AvgIpc) is 2.68. The fraction of sp³-hybridized carbons (Fsp3) is 0.263. The summed E-state index contributed by atoms with van der Waals surface area (Å²) in [5.74, 6) is 0.504. The molecule has 136 valence electrons. The van der Waals surface area contributed by atoms with Gasteiger partial charge in [-0.1, -0.05) is 12.1 Å². The molecule has 0 spiro atoms. The third-order valence-electron chi connectivity index (χ3n) is 3.84. The van der Waals surface area contributed by atoms with Gasteiger partial charge in [0.25, 0.3) is 0 Å². The lowest BCUT2D eigenvalue weighted by Crippen LogP contribution is -2.36. The van der Waals surface area contributed by atoms with E-state index >= 15 is 0 Å². The molecule has 0 aliphatic carbocycles. The molecule has 0 atom stereocenters. The molecule has 2 aromatic rings. The van der Waals surface area contributed by atoms with E-state index in [-0.39, 0.29) is 0 Å². The van der Waals surface area contributed by atoms with Gasteiger partial charge in [-0.3, -0.25) is 9.59 Å². The second kappa shape index (κ2) is 8.24. The minimum absolute atomic E-state index is 0.348. The van der Waals surface area contributed by atoms with Crippen molar-refractivity contribution in [2.75, 3.05) is 32.2 Å². The topological polar surface area (TPSA) is 85.9 Å². The van der Waals surface area contributed by atoms with Crippen LogP contribution in [0.25, 0.3) is 0 Å². The highest BCUT2D eigenvalue weighted by Gasteiger charge is 2.16. The normalized spacial score (nSPS) is 12.2. The van der Waals surface area contributed by atoms with Crippen molar-refractivity contribution in [2.24, 2.45) is 0 Å². The van der Waals surface area contributed by atoms with E-state index in [0.29, 0.717) is 43.4 Å². The lowest BCUT2D eigenvalue weighted by Gasteiger charge is -2.18. The van der Waals surface area contributed by atoms with Crippen molar-refractivity contribution in [2.45, 2.75) is 6.42 Å². The van der Waals surface area contributed by atoms with Gasteiger partial charge in [-0.25, -0.2) is 0 Å². The molecule has 1 heterocycles. The molecule has 0 bridgehead atoms. The predicted molar refractivity (Wildman–Crippen MR) is 95.8 cm³/mol. The van der Waals surface area contributed by atoms with Crippen LogP contribution in [0.1, 0.15) is 5.56 Å². The molecule has 2 N–H and O–H groups in total. The van der Waals surface area contributed by atoms with Gasteiger partial charge < -0.3 is 24.8 Å². The average molecular weight is 356 g/mol. The lowest BCUT2D eigenvalue weighted by atomic mass is 10.1. The van der Waals surface area contributed by atoms with Crippen molar-refractivity contribution in [1.82, 2.24) is 5.32 Å². The summed E-state index contributed by atoms with van der Waals surface area (Å²) in [6.07, 6.45) is 0.597. The fourth-order valence-corrected chi connectivity index (χ4v) is 2.54. The Morgan fingerprint density at radius 3 is 2.65 bits per heavy atom. The van der Waals surface area contributed by atoms with Gasteiger partial charge in [-0.15, -0.1) is 0 Å². The molecule has 0 unspecified atom stereocenters. The standard InChI is InChI=1S/C19H20N2O5/c1-24-15-4-2-3-13(11-15)7-8-20-18(22)19(23)21-14-5-6-16-17(12-14)26-10-9-25-16/h2-6,11-12H,7-10H2,1H3,(H,20,22)(H,21,23). The van der Waals surface area contributed by atoms with Gasteiger partial charge in [0.2, 0.25) is 0 Å². The zero-order chi connectivity index (χ0) is 18.4. The number of amides is 2. The summed E-state index contributed by atoms with van der Waals surface area (Å²) in [5.41, 5.74) is 1.49. The molecule has 0 saturated heterocycles. The Labute approximate surface area is 151 Å². The number of anilines is 1. The zero-order valence-electron chi connectivity index (χ0n) is 14.4. The first-order valence-corrected chi connectivity index (χ1v) is 8.27. The molecule has 0 fully saturated rings. The van der Waals surface area contributed by atoms with E-state index < -0.39 is 11.8 Å². The molecular weight excluding hydrogens is 336 g/mol. The number of fused-ring (bicyclic) bond motifs is 1.